The summed E-state index contributed by atoms with van der Waals surface area (Å²) in [4.78, 5) is 2.24. The van der Waals surface area contributed by atoms with Crippen LogP contribution in [-0.2, 0) is 0 Å². The lowest BCUT2D eigenvalue weighted by atomic mass is 9.97. The van der Waals surface area contributed by atoms with Crippen LogP contribution in [0.1, 0.15) is 31.2 Å². The number of benzene rings is 1. The Bertz CT molecular complexity index is 380. The Hall–Kier alpha value is -1.09. The van der Waals surface area contributed by atoms with Crippen LogP contribution in [0.3, 0.4) is 0 Å². The van der Waals surface area contributed by atoms with E-state index in [-0.39, 0.29) is 11.7 Å². The molecule has 2 rings (SSSR count). The lowest BCUT2D eigenvalue weighted by molar-refractivity contribution is 0.308. The van der Waals surface area contributed by atoms with Crippen molar-refractivity contribution < 1.29 is 9.13 Å². The molecule has 1 aromatic rings. The molecular formula is C14H20FNO. The molecule has 1 aromatic carbocycles. The van der Waals surface area contributed by atoms with E-state index in [4.69, 9.17) is 4.74 Å². The quantitative estimate of drug-likeness (QED) is 0.798. The summed E-state index contributed by atoms with van der Waals surface area (Å²) in [5, 5.41) is 0. The average molecular weight is 237 g/mol. The fourth-order valence-corrected chi connectivity index (χ4v) is 2.42. The van der Waals surface area contributed by atoms with Crippen molar-refractivity contribution in [2.24, 2.45) is 0 Å². The van der Waals surface area contributed by atoms with Crippen LogP contribution in [-0.4, -0.2) is 31.6 Å². The van der Waals surface area contributed by atoms with Gasteiger partial charge in [-0.1, -0.05) is 13.0 Å². The largest absolute Gasteiger partial charge is 0.493 e. The predicted molar refractivity (Wildman–Crippen MR) is 67.0 cm³/mol. The van der Waals surface area contributed by atoms with Gasteiger partial charge in [-0.2, -0.15) is 0 Å². The van der Waals surface area contributed by atoms with E-state index in [9.17, 15) is 4.39 Å². The molecular weight excluding hydrogens is 217 g/mol. The van der Waals surface area contributed by atoms with Crippen LogP contribution < -0.4 is 4.74 Å². The minimum Gasteiger partial charge on any atom is -0.493 e. The van der Waals surface area contributed by atoms with Crippen molar-refractivity contribution >= 4 is 0 Å². The Balaban J connectivity index is 2.23. The highest BCUT2D eigenvalue weighted by Gasteiger charge is 2.26. The Labute approximate surface area is 102 Å². The molecule has 0 bridgehead atoms. The van der Waals surface area contributed by atoms with E-state index in [1.165, 1.54) is 6.07 Å². The van der Waals surface area contributed by atoms with Gasteiger partial charge in [-0.3, -0.25) is 0 Å². The Kier molecular flexibility index (Phi) is 4.00. The van der Waals surface area contributed by atoms with Crippen molar-refractivity contribution in [1.29, 1.82) is 0 Å². The molecule has 2 nitrogen and oxygen atoms in total. The summed E-state index contributed by atoms with van der Waals surface area (Å²) in [7, 11) is 2.08. The number of nitrogens with zero attached hydrogens (tertiary/aromatic N) is 1. The molecule has 0 aromatic heterocycles. The predicted octanol–water partition coefficient (Wildman–Crippen LogP) is 3.03. The van der Waals surface area contributed by atoms with Crippen molar-refractivity contribution in [2.45, 2.75) is 25.7 Å². The van der Waals surface area contributed by atoms with Gasteiger partial charge in [-0.15, -0.1) is 0 Å². The Morgan fingerprint density at radius 3 is 2.94 bits per heavy atom. The van der Waals surface area contributed by atoms with Crippen molar-refractivity contribution in [1.82, 2.24) is 4.90 Å². The minimum atomic E-state index is -0.126. The molecule has 1 fully saturated rings. The second-order valence-corrected chi connectivity index (χ2v) is 4.75. The molecule has 3 heteroatoms. The standard InChI is InChI=1S/C14H20FNO/c1-3-9-17-13-6-4-5-12(15)14(13)11-7-8-16(2)10-11/h4-6,11H,3,7-10H2,1-2H3. The summed E-state index contributed by atoms with van der Waals surface area (Å²) in [6.07, 6.45) is 1.96. The normalized spacial score (nSPS) is 20.8. The van der Waals surface area contributed by atoms with E-state index < -0.39 is 0 Å². The van der Waals surface area contributed by atoms with Crippen LogP contribution in [0.4, 0.5) is 4.39 Å². The fourth-order valence-electron chi connectivity index (χ4n) is 2.42. The summed E-state index contributed by atoms with van der Waals surface area (Å²) in [5.41, 5.74) is 0.769. The van der Waals surface area contributed by atoms with Gasteiger partial charge < -0.3 is 9.64 Å². The van der Waals surface area contributed by atoms with Gasteiger partial charge >= 0.3 is 0 Å². The Morgan fingerprint density at radius 2 is 2.29 bits per heavy atom. The number of likely N-dealkylation sites (tertiary alicyclic amines) is 1. The molecule has 1 heterocycles. The third kappa shape index (κ3) is 2.78. The van der Waals surface area contributed by atoms with Gasteiger partial charge in [-0.25, -0.2) is 4.39 Å². The third-order valence-corrected chi connectivity index (χ3v) is 3.27. The monoisotopic (exact) mass is 237 g/mol. The van der Waals surface area contributed by atoms with Crippen LogP contribution in [0.15, 0.2) is 18.2 Å². The highest BCUT2D eigenvalue weighted by Crippen LogP contribution is 2.35. The lowest BCUT2D eigenvalue weighted by Crippen LogP contribution is -2.14. The summed E-state index contributed by atoms with van der Waals surface area (Å²) < 4.78 is 19.6. The first-order valence-electron chi connectivity index (χ1n) is 6.32. The second-order valence-electron chi connectivity index (χ2n) is 4.75. The highest BCUT2D eigenvalue weighted by atomic mass is 19.1. The molecule has 17 heavy (non-hydrogen) atoms. The molecule has 1 unspecified atom stereocenters. The minimum absolute atomic E-state index is 0.126. The van der Waals surface area contributed by atoms with E-state index >= 15 is 0 Å². The van der Waals surface area contributed by atoms with Crippen molar-refractivity contribution in [3.63, 3.8) is 0 Å². The van der Waals surface area contributed by atoms with Gasteiger partial charge in [0.15, 0.2) is 0 Å². The molecule has 1 aliphatic rings. The van der Waals surface area contributed by atoms with Gasteiger partial charge in [0, 0.05) is 18.0 Å². The zero-order valence-corrected chi connectivity index (χ0v) is 10.6. The number of rotatable bonds is 4. The summed E-state index contributed by atoms with van der Waals surface area (Å²) in [6.45, 7) is 4.66. The first kappa shape index (κ1) is 12.4. The van der Waals surface area contributed by atoms with E-state index in [2.05, 4.69) is 18.9 Å². The first-order valence-corrected chi connectivity index (χ1v) is 6.32. The molecule has 0 radical (unpaired) electrons. The number of hydrogen-bond donors (Lipinski definition) is 0. The maximum Gasteiger partial charge on any atom is 0.130 e. The maximum atomic E-state index is 14.0. The number of halogens is 1. The van der Waals surface area contributed by atoms with Gasteiger partial charge in [0.2, 0.25) is 0 Å². The summed E-state index contributed by atoms with van der Waals surface area (Å²) >= 11 is 0. The summed E-state index contributed by atoms with van der Waals surface area (Å²) in [6, 6.07) is 5.14. The molecule has 0 amide bonds. The maximum absolute atomic E-state index is 14.0. The van der Waals surface area contributed by atoms with Gasteiger partial charge in [0.25, 0.3) is 0 Å². The first-order chi connectivity index (χ1) is 8.22. The van der Waals surface area contributed by atoms with E-state index in [0.29, 0.717) is 6.61 Å². The van der Waals surface area contributed by atoms with Crippen molar-refractivity contribution in [3.05, 3.63) is 29.6 Å². The van der Waals surface area contributed by atoms with Crippen LogP contribution >= 0.6 is 0 Å². The molecule has 1 aliphatic heterocycles. The van der Waals surface area contributed by atoms with Crippen molar-refractivity contribution in [2.75, 3.05) is 26.7 Å². The fraction of sp³-hybridized carbons (Fsp3) is 0.571. The van der Waals surface area contributed by atoms with Gasteiger partial charge in [-0.05, 0) is 38.6 Å². The molecule has 1 saturated heterocycles. The highest BCUT2D eigenvalue weighted by molar-refractivity contribution is 5.38. The number of hydrogen-bond acceptors (Lipinski definition) is 2. The van der Waals surface area contributed by atoms with Gasteiger partial charge in [0.05, 0.1) is 6.61 Å². The molecule has 0 N–H and O–H groups in total. The zero-order chi connectivity index (χ0) is 12.3. The number of likely N-dealkylation sites (N-methyl/N-ethyl adjacent to an activating group) is 1. The third-order valence-electron chi connectivity index (χ3n) is 3.27. The summed E-state index contributed by atoms with van der Waals surface area (Å²) in [5.74, 6) is 0.874. The Morgan fingerprint density at radius 1 is 1.47 bits per heavy atom. The van der Waals surface area contributed by atoms with E-state index in [1.54, 1.807) is 6.07 Å². The van der Waals surface area contributed by atoms with E-state index in [0.717, 1.165) is 37.2 Å². The lowest BCUT2D eigenvalue weighted by Gasteiger charge is -2.17. The van der Waals surface area contributed by atoms with Crippen LogP contribution in [0.2, 0.25) is 0 Å². The SMILES string of the molecule is CCCOc1cccc(F)c1C1CCN(C)C1. The smallest absolute Gasteiger partial charge is 0.130 e. The average Bonchev–Trinajstić information content (AvgIpc) is 2.73. The second kappa shape index (κ2) is 5.50. The van der Waals surface area contributed by atoms with Crippen LogP contribution in [0, 0.1) is 5.82 Å². The van der Waals surface area contributed by atoms with Crippen LogP contribution in [0.5, 0.6) is 5.75 Å². The molecule has 0 saturated carbocycles. The van der Waals surface area contributed by atoms with E-state index in [1.807, 2.05) is 6.07 Å². The molecule has 94 valence electrons. The topological polar surface area (TPSA) is 12.5 Å². The zero-order valence-electron chi connectivity index (χ0n) is 10.6. The van der Waals surface area contributed by atoms with Crippen LogP contribution in [0.25, 0.3) is 0 Å². The molecule has 1 atom stereocenters. The van der Waals surface area contributed by atoms with Crippen molar-refractivity contribution in [3.8, 4) is 5.75 Å². The number of ether oxygens (including phenoxy) is 1. The van der Waals surface area contributed by atoms with Gasteiger partial charge in [0.1, 0.15) is 11.6 Å². The molecule has 0 aliphatic carbocycles. The molecule has 0 spiro atoms.